The molecule has 78 valence electrons. The van der Waals surface area contributed by atoms with Crippen molar-refractivity contribution >= 4 is 17.7 Å². The second-order valence-electron chi connectivity index (χ2n) is 2.36. The number of nitrogens with zero attached hydrogens (tertiary/aromatic N) is 4. The van der Waals surface area contributed by atoms with Crippen LogP contribution < -0.4 is 5.90 Å². The molecule has 1 aromatic heterocycles. The fraction of sp³-hybridized carbons (Fsp3) is 0.600. The van der Waals surface area contributed by atoms with E-state index in [9.17, 15) is 4.79 Å². The molecule has 1 heterocycles. The minimum Gasteiger partial charge on any atom is -0.479 e. The molecule has 0 aliphatic heterocycles. The van der Waals surface area contributed by atoms with Crippen LogP contribution in [0.4, 0.5) is 0 Å². The number of thioether (sulfide) groups is 1. The van der Waals surface area contributed by atoms with Crippen molar-refractivity contribution in [2.45, 2.75) is 11.3 Å². The lowest BCUT2D eigenvalue weighted by Gasteiger charge is -2.07. The van der Waals surface area contributed by atoms with Gasteiger partial charge in [0.15, 0.2) is 6.10 Å². The molecule has 0 aromatic carbocycles. The summed E-state index contributed by atoms with van der Waals surface area (Å²) in [7, 11) is 1.65. The summed E-state index contributed by atoms with van der Waals surface area (Å²) >= 11 is 1.16. The van der Waals surface area contributed by atoms with E-state index < -0.39 is 12.1 Å². The molecule has 0 fully saturated rings. The van der Waals surface area contributed by atoms with Crippen LogP contribution in [0.5, 0.6) is 0 Å². The molecule has 1 atom stereocenters. The predicted octanol–water partition coefficient (Wildman–Crippen LogP) is -1.35. The Labute approximate surface area is 83.4 Å². The highest BCUT2D eigenvalue weighted by Crippen LogP contribution is 2.14. The molecule has 8 nitrogen and oxygen atoms in total. The molecule has 0 aliphatic carbocycles. The van der Waals surface area contributed by atoms with Gasteiger partial charge in [0.1, 0.15) is 0 Å². The molecule has 14 heavy (non-hydrogen) atoms. The van der Waals surface area contributed by atoms with Crippen LogP contribution in [0.2, 0.25) is 0 Å². The van der Waals surface area contributed by atoms with E-state index in [-0.39, 0.29) is 5.75 Å². The third-order valence-electron chi connectivity index (χ3n) is 1.38. The first kappa shape index (κ1) is 10.9. The van der Waals surface area contributed by atoms with Crippen LogP contribution in [-0.2, 0) is 16.7 Å². The zero-order valence-corrected chi connectivity index (χ0v) is 8.14. The monoisotopic (exact) mass is 219 g/mol. The van der Waals surface area contributed by atoms with E-state index in [1.165, 1.54) is 4.68 Å². The maximum atomic E-state index is 10.5. The van der Waals surface area contributed by atoms with E-state index in [1.807, 2.05) is 0 Å². The third kappa shape index (κ3) is 2.65. The highest BCUT2D eigenvalue weighted by atomic mass is 32.2. The van der Waals surface area contributed by atoms with Crippen LogP contribution in [-0.4, -0.2) is 43.1 Å². The molecule has 0 amide bonds. The zero-order chi connectivity index (χ0) is 10.6. The van der Waals surface area contributed by atoms with Crippen molar-refractivity contribution in [3.8, 4) is 0 Å². The lowest BCUT2D eigenvalue weighted by molar-refractivity contribution is -0.148. The number of carboxylic acids is 1. The first-order chi connectivity index (χ1) is 6.65. The lowest BCUT2D eigenvalue weighted by Crippen LogP contribution is -2.29. The number of aliphatic carboxylic acids is 1. The van der Waals surface area contributed by atoms with Gasteiger partial charge in [-0.25, -0.2) is 15.4 Å². The van der Waals surface area contributed by atoms with Gasteiger partial charge in [0, 0.05) is 12.8 Å². The topological polar surface area (TPSA) is 116 Å². The summed E-state index contributed by atoms with van der Waals surface area (Å²) in [4.78, 5) is 14.7. The molecule has 0 bridgehead atoms. The number of hydrogen-bond donors (Lipinski definition) is 2. The smallest absolute Gasteiger partial charge is 0.335 e. The molecule has 0 saturated heterocycles. The Kier molecular flexibility index (Phi) is 3.80. The first-order valence-electron chi connectivity index (χ1n) is 3.58. The summed E-state index contributed by atoms with van der Waals surface area (Å²) in [6.07, 6.45) is -1.06. The maximum absolute atomic E-state index is 10.5. The molecule has 3 N–H and O–H groups in total. The molecular weight excluding hydrogens is 210 g/mol. The molecule has 1 rings (SSSR count). The van der Waals surface area contributed by atoms with Crippen LogP contribution in [0.3, 0.4) is 0 Å². The van der Waals surface area contributed by atoms with Gasteiger partial charge in [0.2, 0.25) is 5.16 Å². The highest BCUT2D eigenvalue weighted by molar-refractivity contribution is 7.99. The number of hydrogen-bond acceptors (Lipinski definition) is 7. The third-order valence-corrected chi connectivity index (χ3v) is 2.46. The Hall–Kier alpha value is -1.19. The molecule has 9 heteroatoms. The number of aryl methyl sites for hydroxylation is 1. The van der Waals surface area contributed by atoms with E-state index >= 15 is 0 Å². The molecule has 0 spiro atoms. The number of tetrazole rings is 1. The Morgan fingerprint density at radius 2 is 2.57 bits per heavy atom. The Morgan fingerprint density at radius 1 is 1.86 bits per heavy atom. The van der Waals surface area contributed by atoms with Crippen LogP contribution >= 0.6 is 11.8 Å². The molecule has 0 radical (unpaired) electrons. The van der Waals surface area contributed by atoms with Crippen LogP contribution in [0.25, 0.3) is 0 Å². The van der Waals surface area contributed by atoms with Gasteiger partial charge in [-0.15, -0.1) is 5.10 Å². The van der Waals surface area contributed by atoms with Crippen molar-refractivity contribution in [3.05, 3.63) is 0 Å². The summed E-state index contributed by atoms with van der Waals surface area (Å²) in [6, 6.07) is 0. The maximum Gasteiger partial charge on any atom is 0.335 e. The van der Waals surface area contributed by atoms with E-state index in [1.54, 1.807) is 7.05 Å². The largest absolute Gasteiger partial charge is 0.479 e. The van der Waals surface area contributed by atoms with Crippen molar-refractivity contribution in [2.24, 2.45) is 12.9 Å². The van der Waals surface area contributed by atoms with Gasteiger partial charge in [-0.1, -0.05) is 11.8 Å². The minimum atomic E-state index is -1.12. The number of aromatic nitrogens is 4. The SMILES string of the molecule is Cn1nnnc1SCC(ON)C(=O)O. The minimum absolute atomic E-state index is 0.153. The van der Waals surface area contributed by atoms with Gasteiger partial charge in [0.05, 0.1) is 0 Å². The van der Waals surface area contributed by atoms with Gasteiger partial charge >= 0.3 is 5.97 Å². The summed E-state index contributed by atoms with van der Waals surface area (Å²) in [6.45, 7) is 0. The summed E-state index contributed by atoms with van der Waals surface area (Å²) in [5, 5.41) is 19.7. The standard InChI is InChI=1S/C5H9N5O3S/c1-10-5(7-8-9-10)14-2-3(13-6)4(11)12/h3H,2,6H2,1H3,(H,11,12). The Balaban J connectivity index is 2.47. The fourth-order valence-electron chi connectivity index (χ4n) is 0.663. The number of nitrogens with two attached hydrogens (primary N) is 1. The predicted molar refractivity (Wildman–Crippen MR) is 46.2 cm³/mol. The molecule has 1 unspecified atom stereocenters. The van der Waals surface area contributed by atoms with E-state index in [0.29, 0.717) is 5.16 Å². The number of carbonyl (C=O) groups is 1. The van der Waals surface area contributed by atoms with Gasteiger partial charge in [-0.3, -0.25) is 4.84 Å². The zero-order valence-electron chi connectivity index (χ0n) is 7.32. The van der Waals surface area contributed by atoms with Crippen molar-refractivity contribution in [1.82, 2.24) is 20.2 Å². The number of carboxylic acid groups (broad SMARTS) is 1. The van der Waals surface area contributed by atoms with Crippen LogP contribution in [0.15, 0.2) is 5.16 Å². The quantitative estimate of drug-likeness (QED) is 0.461. The Morgan fingerprint density at radius 3 is 3.00 bits per heavy atom. The molecule has 0 saturated carbocycles. The van der Waals surface area contributed by atoms with E-state index in [4.69, 9.17) is 11.0 Å². The lowest BCUT2D eigenvalue weighted by atomic mass is 10.4. The summed E-state index contributed by atoms with van der Waals surface area (Å²) in [5.41, 5.74) is 0. The van der Waals surface area contributed by atoms with Crippen molar-refractivity contribution in [3.63, 3.8) is 0 Å². The molecular formula is C5H9N5O3S. The van der Waals surface area contributed by atoms with E-state index in [2.05, 4.69) is 20.4 Å². The Bertz CT molecular complexity index is 316. The summed E-state index contributed by atoms with van der Waals surface area (Å²) < 4.78 is 1.43. The van der Waals surface area contributed by atoms with Crippen LogP contribution in [0, 0.1) is 0 Å². The van der Waals surface area contributed by atoms with Crippen molar-refractivity contribution in [1.29, 1.82) is 0 Å². The normalized spacial score (nSPS) is 12.7. The molecule has 1 aromatic rings. The van der Waals surface area contributed by atoms with Crippen LogP contribution in [0.1, 0.15) is 0 Å². The molecule has 0 aliphatic rings. The first-order valence-corrected chi connectivity index (χ1v) is 4.57. The average molecular weight is 219 g/mol. The average Bonchev–Trinajstić information content (AvgIpc) is 2.52. The van der Waals surface area contributed by atoms with Gasteiger partial charge in [-0.05, 0) is 10.4 Å². The second kappa shape index (κ2) is 4.88. The highest BCUT2D eigenvalue weighted by Gasteiger charge is 2.18. The van der Waals surface area contributed by atoms with Crippen molar-refractivity contribution in [2.75, 3.05) is 5.75 Å². The van der Waals surface area contributed by atoms with E-state index in [0.717, 1.165) is 11.8 Å². The van der Waals surface area contributed by atoms with Crippen molar-refractivity contribution < 1.29 is 14.7 Å². The fourth-order valence-corrected chi connectivity index (χ4v) is 1.50. The van der Waals surface area contributed by atoms with Gasteiger partial charge < -0.3 is 5.11 Å². The summed E-state index contributed by atoms with van der Waals surface area (Å²) in [5.74, 6) is 3.84. The van der Waals surface area contributed by atoms with Gasteiger partial charge in [-0.2, -0.15) is 0 Å². The number of rotatable bonds is 5. The second-order valence-corrected chi connectivity index (χ2v) is 3.35. The van der Waals surface area contributed by atoms with Gasteiger partial charge in [0.25, 0.3) is 0 Å².